The molecule has 0 radical (unpaired) electrons. The minimum Gasteiger partial charge on any atom is -0.733 e. The van der Waals surface area contributed by atoms with E-state index in [2.05, 4.69) is 10.6 Å². The fourth-order valence-electron chi connectivity index (χ4n) is 4.93. The predicted molar refractivity (Wildman–Crippen MR) is 166 cm³/mol. The smallest absolute Gasteiger partial charge is 0.343 e. The topological polar surface area (TPSA) is 142 Å². The SMILES string of the molecule is COc1ccc(N([O-])O)cc1OCc1c(-c2ccc(OC(=O)c3ccccc3C)cc2OC)ccc2c1NC(=O)C(C)(C)N2. The molecule has 1 aliphatic heterocycles. The van der Waals surface area contributed by atoms with E-state index in [0.717, 1.165) is 5.56 Å². The van der Waals surface area contributed by atoms with E-state index in [-0.39, 0.29) is 29.2 Å². The summed E-state index contributed by atoms with van der Waals surface area (Å²) in [5.74, 6) is 0.508. The zero-order chi connectivity index (χ0) is 31.6. The van der Waals surface area contributed by atoms with E-state index >= 15 is 0 Å². The first kappa shape index (κ1) is 30.2. The van der Waals surface area contributed by atoms with Crippen molar-refractivity contribution in [3.05, 3.63) is 94.7 Å². The second-order valence-electron chi connectivity index (χ2n) is 10.7. The van der Waals surface area contributed by atoms with E-state index in [1.165, 1.54) is 32.4 Å². The zero-order valence-electron chi connectivity index (χ0n) is 24.9. The summed E-state index contributed by atoms with van der Waals surface area (Å²) in [7, 11) is 2.96. The van der Waals surface area contributed by atoms with Gasteiger partial charge in [0.1, 0.15) is 23.6 Å². The molecule has 228 valence electrons. The van der Waals surface area contributed by atoms with E-state index in [1.54, 1.807) is 44.2 Å². The number of ether oxygens (including phenoxy) is 4. The average molecular weight is 599 g/mol. The first-order valence-electron chi connectivity index (χ1n) is 13.7. The molecule has 0 aromatic heterocycles. The molecule has 0 bridgehead atoms. The van der Waals surface area contributed by atoms with Crippen molar-refractivity contribution in [3.63, 3.8) is 0 Å². The summed E-state index contributed by atoms with van der Waals surface area (Å²) >= 11 is 0. The molecular formula is C33H32N3O8-. The fraction of sp³-hybridized carbons (Fsp3) is 0.212. The van der Waals surface area contributed by atoms with Crippen molar-refractivity contribution in [1.82, 2.24) is 0 Å². The summed E-state index contributed by atoms with van der Waals surface area (Å²) in [5, 5.41) is 27.0. The van der Waals surface area contributed by atoms with Crippen LogP contribution in [0.15, 0.2) is 72.8 Å². The number of hydrogen-bond donors (Lipinski definition) is 3. The van der Waals surface area contributed by atoms with Crippen molar-refractivity contribution in [2.45, 2.75) is 32.9 Å². The number of rotatable bonds is 9. The normalized spacial score (nSPS) is 13.2. The Morgan fingerprint density at radius 2 is 1.66 bits per heavy atom. The fourth-order valence-corrected chi connectivity index (χ4v) is 4.93. The molecule has 0 spiro atoms. The quantitative estimate of drug-likeness (QED) is 0.114. The highest BCUT2D eigenvalue weighted by Gasteiger charge is 2.35. The third kappa shape index (κ3) is 5.96. The summed E-state index contributed by atoms with van der Waals surface area (Å²) in [4.78, 5) is 25.9. The molecule has 0 fully saturated rings. The van der Waals surface area contributed by atoms with E-state index in [4.69, 9.17) is 18.9 Å². The summed E-state index contributed by atoms with van der Waals surface area (Å²) in [6.45, 7) is 5.31. The van der Waals surface area contributed by atoms with Crippen molar-refractivity contribution < 1.29 is 33.7 Å². The lowest BCUT2D eigenvalue weighted by molar-refractivity contribution is -0.119. The molecule has 1 aliphatic rings. The molecule has 0 saturated carbocycles. The number of amides is 1. The number of hydrogen-bond acceptors (Lipinski definition) is 10. The number of fused-ring (bicyclic) bond motifs is 1. The van der Waals surface area contributed by atoms with Crippen LogP contribution in [0.3, 0.4) is 0 Å². The number of esters is 1. The van der Waals surface area contributed by atoms with Crippen LogP contribution in [0.5, 0.6) is 23.0 Å². The van der Waals surface area contributed by atoms with Gasteiger partial charge in [-0.15, -0.1) is 0 Å². The average Bonchev–Trinajstić information content (AvgIpc) is 3.00. The number of anilines is 3. The molecule has 0 atom stereocenters. The first-order valence-corrected chi connectivity index (χ1v) is 13.7. The lowest BCUT2D eigenvalue weighted by atomic mass is 9.92. The van der Waals surface area contributed by atoms with E-state index in [1.807, 2.05) is 31.2 Å². The van der Waals surface area contributed by atoms with Crippen molar-refractivity contribution in [1.29, 1.82) is 0 Å². The van der Waals surface area contributed by atoms with Crippen LogP contribution in [0.2, 0.25) is 0 Å². The van der Waals surface area contributed by atoms with Crippen LogP contribution in [0.25, 0.3) is 11.1 Å². The standard InChI is InChI=1S/C33H32N3O8/c1-19-8-6-7-9-22(19)31(37)44-21-11-12-24(28(17-21)42-5)23-13-14-26-30(34-32(38)33(2,3)35-26)25(23)18-43-29-16-20(36(39)40)10-15-27(29)41-4/h6-17,35,39H,18H2,1-5H3,(H,34,38)/q-1. The third-order valence-corrected chi connectivity index (χ3v) is 7.35. The van der Waals surface area contributed by atoms with Crippen molar-refractivity contribution in [2.24, 2.45) is 0 Å². The van der Waals surface area contributed by atoms with Crippen LogP contribution in [0.1, 0.15) is 35.3 Å². The van der Waals surface area contributed by atoms with E-state index < -0.39 is 11.5 Å². The predicted octanol–water partition coefficient (Wildman–Crippen LogP) is 6.31. The van der Waals surface area contributed by atoms with Gasteiger partial charge in [-0.3, -0.25) is 10.0 Å². The Morgan fingerprint density at radius 1 is 0.932 bits per heavy atom. The van der Waals surface area contributed by atoms with E-state index in [9.17, 15) is 20.0 Å². The third-order valence-electron chi connectivity index (χ3n) is 7.35. The molecule has 5 rings (SSSR count). The maximum atomic E-state index is 13.0. The molecule has 0 aliphatic carbocycles. The molecule has 1 amide bonds. The van der Waals surface area contributed by atoms with E-state index in [0.29, 0.717) is 50.9 Å². The summed E-state index contributed by atoms with van der Waals surface area (Å²) in [6.07, 6.45) is 0. The van der Waals surface area contributed by atoms with Crippen molar-refractivity contribution >= 4 is 28.9 Å². The Kier molecular flexibility index (Phi) is 8.34. The molecule has 11 nitrogen and oxygen atoms in total. The van der Waals surface area contributed by atoms with Gasteiger partial charge in [-0.1, -0.05) is 24.3 Å². The van der Waals surface area contributed by atoms with Gasteiger partial charge in [0, 0.05) is 23.3 Å². The van der Waals surface area contributed by atoms with Gasteiger partial charge in [-0.2, -0.15) is 0 Å². The lowest BCUT2D eigenvalue weighted by Gasteiger charge is -2.34. The van der Waals surface area contributed by atoms with Crippen molar-refractivity contribution in [2.75, 3.05) is 30.1 Å². The number of nitrogens with zero attached hydrogens (tertiary/aromatic N) is 1. The molecular weight excluding hydrogens is 566 g/mol. The minimum atomic E-state index is -0.858. The van der Waals surface area contributed by atoms with Gasteiger partial charge in [-0.05, 0) is 68.3 Å². The van der Waals surface area contributed by atoms with Crippen LogP contribution in [0, 0.1) is 12.1 Å². The number of carbonyl (C=O) groups is 2. The first-order chi connectivity index (χ1) is 21.0. The van der Waals surface area contributed by atoms with Gasteiger partial charge < -0.3 is 40.0 Å². The van der Waals surface area contributed by atoms with Gasteiger partial charge in [0.05, 0.1) is 36.8 Å². The Hall–Kier alpha value is -5.26. The molecule has 4 aromatic carbocycles. The van der Waals surface area contributed by atoms with Crippen LogP contribution in [0.4, 0.5) is 17.1 Å². The second kappa shape index (κ2) is 12.2. The highest BCUT2D eigenvalue weighted by molar-refractivity contribution is 6.07. The molecule has 0 unspecified atom stereocenters. The molecule has 4 aromatic rings. The molecule has 0 saturated heterocycles. The Bertz CT molecular complexity index is 1730. The molecule has 11 heteroatoms. The molecule has 1 heterocycles. The lowest BCUT2D eigenvalue weighted by Crippen LogP contribution is -2.47. The maximum absolute atomic E-state index is 13.0. The maximum Gasteiger partial charge on any atom is 0.343 e. The van der Waals surface area contributed by atoms with Gasteiger partial charge in [0.25, 0.3) is 0 Å². The van der Waals surface area contributed by atoms with Crippen LogP contribution in [-0.4, -0.2) is 36.8 Å². The minimum absolute atomic E-state index is 0.0506. The summed E-state index contributed by atoms with van der Waals surface area (Å²) in [5.41, 5.74) is 3.44. The van der Waals surface area contributed by atoms with Crippen molar-refractivity contribution in [3.8, 4) is 34.1 Å². The van der Waals surface area contributed by atoms with Crippen LogP contribution in [-0.2, 0) is 11.4 Å². The number of methoxy groups -OCH3 is 2. The van der Waals surface area contributed by atoms with Gasteiger partial charge in [-0.25, -0.2) is 4.79 Å². The van der Waals surface area contributed by atoms with Crippen LogP contribution < -0.4 is 34.8 Å². The Morgan fingerprint density at radius 3 is 2.36 bits per heavy atom. The molecule has 44 heavy (non-hydrogen) atoms. The highest BCUT2D eigenvalue weighted by Crippen LogP contribution is 2.44. The highest BCUT2D eigenvalue weighted by atomic mass is 16.8. The van der Waals surface area contributed by atoms with Crippen LogP contribution >= 0.6 is 0 Å². The van der Waals surface area contributed by atoms with Gasteiger partial charge in [0.2, 0.25) is 5.91 Å². The van der Waals surface area contributed by atoms with Gasteiger partial charge in [0.15, 0.2) is 11.5 Å². The number of aryl methyl sites for hydroxylation is 1. The Labute approximate surface area is 254 Å². The number of benzene rings is 4. The second-order valence-corrected chi connectivity index (χ2v) is 10.7. The summed E-state index contributed by atoms with van der Waals surface area (Å²) < 4.78 is 22.9. The zero-order valence-corrected chi connectivity index (χ0v) is 24.9. The molecule has 3 N–H and O–H groups in total. The largest absolute Gasteiger partial charge is 0.733 e. The Balaban J connectivity index is 1.56. The monoisotopic (exact) mass is 598 g/mol. The van der Waals surface area contributed by atoms with Gasteiger partial charge >= 0.3 is 5.97 Å². The summed E-state index contributed by atoms with van der Waals surface area (Å²) in [6, 6.07) is 20.1. The number of nitrogens with one attached hydrogen (secondary N) is 2. The number of carbonyl (C=O) groups excluding carboxylic acids is 2.